The van der Waals surface area contributed by atoms with Crippen molar-refractivity contribution < 1.29 is 4.79 Å². The normalized spacial score (nSPS) is 28.4. The first-order valence-corrected chi connectivity index (χ1v) is 10.2. The first-order valence-electron chi connectivity index (χ1n) is 9.05. The van der Waals surface area contributed by atoms with Crippen LogP contribution >= 0.6 is 11.8 Å². The van der Waals surface area contributed by atoms with E-state index in [-0.39, 0.29) is 11.4 Å². The number of nitrogens with two attached hydrogens (primary N) is 1. The number of nitrogens with zero attached hydrogens (tertiary/aromatic N) is 1. The molecule has 3 fully saturated rings. The molecule has 5 heteroatoms. The number of hydrogen-bond donors (Lipinski definition) is 2. The number of rotatable bonds is 4. The van der Waals surface area contributed by atoms with E-state index in [1.165, 1.54) is 56.7 Å². The van der Waals surface area contributed by atoms with Crippen LogP contribution in [-0.4, -0.2) is 53.0 Å². The third kappa shape index (κ3) is 3.46. The van der Waals surface area contributed by atoms with Crippen molar-refractivity contribution in [2.24, 2.45) is 5.73 Å². The number of carbonyl (C=O) groups excluding carboxylic acids is 1. The van der Waals surface area contributed by atoms with E-state index in [0.29, 0.717) is 0 Å². The van der Waals surface area contributed by atoms with Gasteiger partial charge in [0.05, 0.1) is 5.54 Å². The van der Waals surface area contributed by atoms with Gasteiger partial charge in [0.15, 0.2) is 0 Å². The predicted octanol–water partition coefficient (Wildman–Crippen LogP) is 2.13. The van der Waals surface area contributed by atoms with Crippen molar-refractivity contribution in [1.29, 1.82) is 0 Å². The van der Waals surface area contributed by atoms with E-state index < -0.39 is 5.54 Å². The molecule has 0 spiro atoms. The second kappa shape index (κ2) is 7.10. The highest BCUT2D eigenvalue weighted by molar-refractivity contribution is 7.99. The van der Waals surface area contributed by atoms with Crippen LogP contribution in [0, 0.1) is 0 Å². The highest BCUT2D eigenvalue weighted by Crippen LogP contribution is 2.36. The van der Waals surface area contributed by atoms with Gasteiger partial charge in [0.25, 0.3) is 0 Å². The molecule has 0 radical (unpaired) electrons. The lowest BCUT2D eigenvalue weighted by molar-refractivity contribution is -0.128. The summed E-state index contributed by atoms with van der Waals surface area (Å²) in [6.07, 6.45) is 10.2. The zero-order valence-electron chi connectivity index (χ0n) is 13.7. The summed E-state index contributed by atoms with van der Waals surface area (Å²) in [5, 5.41) is 3.26. The van der Waals surface area contributed by atoms with E-state index in [2.05, 4.69) is 22.0 Å². The van der Waals surface area contributed by atoms with Crippen LogP contribution in [0.4, 0.5) is 0 Å². The fourth-order valence-corrected chi connectivity index (χ4v) is 5.41. The molecule has 1 aliphatic heterocycles. The molecule has 4 nitrogen and oxygen atoms in total. The molecule has 1 heterocycles. The fraction of sp³-hybridized carbons (Fsp3) is 0.941. The Morgan fingerprint density at radius 1 is 1.00 bits per heavy atom. The Bertz CT molecular complexity index is 383. The van der Waals surface area contributed by atoms with Gasteiger partial charge in [-0.05, 0) is 25.7 Å². The molecule has 0 bridgehead atoms. The molecule has 0 aromatic carbocycles. The summed E-state index contributed by atoms with van der Waals surface area (Å²) in [4.78, 5) is 15.3. The van der Waals surface area contributed by atoms with Crippen LogP contribution in [0.2, 0.25) is 0 Å². The van der Waals surface area contributed by atoms with Gasteiger partial charge < -0.3 is 11.1 Å². The highest BCUT2D eigenvalue weighted by Gasteiger charge is 2.42. The van der Waals surface area contributed by atoms with Crippen molar-refractivity contribution >= 4 is 17.7 Å². The fourth-order valence-electron chi connectivity index (χ4n) is 4.51. The number of thioether (sulfide) groups is 1. The van der Waals surface area contributed by atoms with E-state index in [0.717, 1.165) is 32.2 Å². The molecule has 3 rings (SSSR count). The van der Waals surface area contributed by atoms with Gasteiger partial charge in [-0.2, -0.15) is 11.8 Å². The van der Waals surface area contributed by atoms with Crippen molar-refractivity contribution in [3.05, 3.63) is 0 Å². The number of hydrogen-bond acceptors (Lipinski definition) is 4. The van der Waals surface area contributed by atoms with Gasteiger partial charge in [-0.1, -0.05) is 32.1 Å². The van der Waals surface area contributed by atoms with Gasteiger partial charge in [-0.25, -0.2) is 0 Å². The maximum atomic E-state index is 12.6. The van der Waals surface area contributed by atoms with Gasteiger partial charge in [-0.15, -0.1) is 0 Å². The SMILES string of the molecule is NC1(C(=O)NCC2(N3CCSCC3)CCCC2)CCCCC1. The number of nitrogens with one attached hydrogen (secondary N) is 1. The molecule has 0 unspecified atom stereocenters. The van der Waals surface area contributed by atoms with Crippen LogP contribution < -0.4 is 11.1 Å². The van der Waals surface area contributed by atoms with Crippen LogP contribution in [0.15, 0.2) is 0 Å². The molecule has 22 heavy (non-hydrogen) atoms. The summed E-state index contributed by atoms with van der Waals surface area (Å²) >= 11 is 2.05. The average Bonchev–Trinajstić information content (AvgIpc) is 3.04. The molecule has 1 saturated heterocycles. The largest absolute Gasteiger partial charge is 0.353 e. The Kier molecular flexibility index (Phi) is 5.35. The smallest absolute Gasteiger partial charge is 0.240 e. The zero-order valence-corrected chi connectivity index (χ0v) is 14.6. The highest BCUT2D eigenvalue weighted by atomic mass is 32.2. The van der Waals surface area contributed by atoms with Crippen molar-refractivity contribution in [3.8, 4) is 0 Å². The molecular weight excluding hydrogens is 294 g/mol. The zero-order chi connectivity index (χ0) is 15.5. The van der Waals surface area contributed by atoms with Gasteiger partial charge in [0.2, 0.25) is 5.91 Å². The lowest BCUT2D eigenvalue weighted by Gasteiger charge is -2.44. The van der Waals surface area contributed by atoms with E-state index in [1.54, 1.807) is 0 Å². The molecule has 2 saturated carbocycles. The summed E-state index contributed by atoms with van der Waals surface area (Å²) in [6, 6.07) is 0. The van der Waals surface area contributed by atoms with Crippen molar-refractivity contribution in [3.63, 3.8) is 0 Å². The molecule has 3 aliphatic rings. The van der Waals surface area contributed by atoms with Gasteiger partial charge in [-0.3, -0.25) is 9.69 Å². The van der Waals surface area contributed by atoms with Gasteiger partial charge >= 0.3 is 0 Å². The van der Waals surface area contributed by atoms with Crippen molar-refractivity contribution in [2.45, 2.75) is 68.9 Å². The van der Waals surface area contributed by atoms with E-state index in [9.17, 15) is 4.79 Å². The first-order chi connectivity index (χ1) is 10.6. The molecule has 3 N–H and O–H groups in total. The molecule has 126 valence electrons. The quantitative estimate of drug-likeness (QED) is 0.831. The summed E-state index contributed by atoms with van der Waals surface area (Å²) in [7, 11) is 0. The van der Waals surface area contributed by atoms with Crippen molar-refractivity contribution in [1.82, 2.24) is 10.2 Å². The topological polar surface area (TPSA) is 58.4 Å². The molecule has 2 aliphatic carbocycles. The molecule has 0 aromatic heterocycles. The maximum Gasteiger partial charge on any atom is 0.240 e. The molecular formula is C17H31N3OS. The Morgan fingerprint density at radius 2 is 1.59 bits per heavy atom. The maximum absolute atomic E-state index is 12.6. The Hall–Kier alpha value is -0.260. The Labute approximate surface area is 138 Å². The van der Waals surface area contributed by atoms with Crippen LogP contribution in [0.3, 0.4) is 0 Å². The molecule has 0 aromatic rings. The summed E-state index contributed by atoms with van der Waals surface area (Å²) in [6.45, 7) is 3.15. The lowest BCUT2D eigenvalue weighted by atomic mass is 9.81. The van der Waals surface area contributed by atoms with Crippen molar-refractivity contribution in [2.75, 3.05) is 31.1 Å². The van der Waals surface area contributed by atoms with Gasteiger partial charge in [0.1, 0.15) is 0 Å². The number of amides is 1. The minimum Gasteiger partial charge on any atom is -0.353 e. The standard InChI is InChI=1S/C17H31N3OS/c18-17(8-2-1-3-9-17)15(21)19-14-16(6-4-5-7-16)20-10-12-22-13-11-20/h1-14,18H2,(H,19,21). The van der Waals surface area contributed by atoms with Crippen LogP contribution in [-0.2, 0) is 4.79 Å². The summed E-state index contributed by atoms with van der Waals surface area (Å²) in [5.41, 5.74) is 5.99. The van der Waals surface area contributed by atoms with E-state index >= 15 is 0 Å². The van der Waals surface area contributed by atoms with Crippen LogP contribution in [0.1, 0.15) is 57.8 Å². The number of carbonyl (C=O) groups is 1. The average molecular weight is 326 g/mol. The minimum absolute atomic E-state index is 0.102. The third-order valence-corrected chi connectivity index (χ3v) is 6.93. The predicted molar refractivity (Wildman–Crippen MR) is 93.1 cm³/mol. The monoisotopic (exact) mass is 325 g/mol. The second-order valence-corrected chi connectivity index (χ2v) is 8.66. The third-order valence-electron chi connectivity index (χ3n) is 5.99. The van der Waals surface area contributed by atoms with E-state index in [1.807, 2.05) is 0 Å². The van der Waals surface area contributed by atoms with Crippen LogP contribution in [0.25, 0.3) is 0 Å². The summed E-state index contributed by atoms with van der Waals surface area (Å²) in [5.74, 6) is 2.57. The lowest BCUT2D eigenvalue weighted by Crippen LogP contribution is -2.61. The molecule has 1 amide bonds. The Balaban J connectivity index is 1.60. The second-order valence-electron chi connectivity index (χ2n) is 7.43. The van der Waals surface area contributed by atoms with Gasteiger partial charge in [0, 0.05) is 36.7 Å². The Morgan fingerprint density at radius 3 is 2.23 bits per heavy atom. The van der Waals surface area contributed by atoms with E-state index in [4.69, 9.17) is 5.73 Å². The minimum atomic E-state index is -0.601. The summed E-state index contributed by atoms with van der Waals surface area (Å²) < 4.78 is 0. The van der Waals surface area contributed by atoms with Crippen LogP contribution in [0.5, 0.6) is 0 Å². The molecule has 0 atom stereocenters. The first kappa shape index (κ1) is 16.6.